The third-order valence-corrected chi connectivity index (χ3v) is 6.29. The summed E-state index contributed by atoms with van der Waals surface area (Å²) in [7, 11) is 5.37. The topological polar surface area (TPSA) is 115 Å². The number of rotatable bonds is 5. The largest absolute Gasteiger partial charge is 0.445 e. The van der Waals surface area contributed by atoms with Crippen LogP contribution in [-0.4, -0.2) is 61.3 Å². The molecule has 3 N–H and O–H groups in total. The molecule has 9 nitrogen and oxygen atoms in total. The van der Waals surface area contributed by atoms with Gasteiger partial charge in [0.2, 0.25) is 0 Å². The summed E-state index contributed by atoms with van der Waals surface area (Å²) in [4.78, 5) is 28.3. The summed E-state index contributed by atoms with van der Waals surface area (Å²) >= 11 is 0. The van der Waals surface area contributed by atoms with E-state index in [1.807, 2.05) is 12.1 Å². The highest BCUT2D eigenvalue weighted by molar-refractivity contribution is 6.07. The van der Waals surface area contributed by atoms with Gasteiger partial charge < -0.3 is 25.3 Å². The van der Waals surface area contributed by atoms with Gasteiger partial charge in [0, 0.05) is 31.0 Å². The number of aromatic nitrogens is 3. The van der Waals surface area contributed by atoms with Gasteiger partial charge in [0.25, 0.3) is 14.0 Å². The van der Waals surface area contributed by atoms with E-state index in [2.05, 4.69) is 37.3 Å². The first-order chi connectivity index (χ1) is 16.6. The number of benzene rings is 1. The fourth-order valence-electron chi connectivity index (χ4n) is 4.45. The number of fused-ring (bicyclic) bond motifs is 1. The number of amides is 1. The lowest BCUT2D eigenvalue weighted by Crippen LogP contribution is -2.36. The number of hydrogen-bond acceptors (Lipinski definition) is 8. The van der Waals surface area contributed by atoms with Crippen molar-refractivity contribution < 1.29 is 14.2 Å². The van der Waals surface area contributed by atoms with Crippen LogP contribution in [0.4, 0.5) is 17.2 Å². The number of nitrogens with one attached hydrogen (secondary N) is 1. The Morgan fingerprint density at radius 3 is 2.88 bits per heavy atom. The first kappa shape index (κ1) is 22.3. The maximum absolute atomic E-state index is 13.2. The Balaban J connectivity index is 1.39. The summed E-state index contributed by atoms with van der Waals surface area (Å²) in [6, 6.07) is 7.98. The van der Waals surface area contributed by atoms with Gasteiger partial charge in [-0.2, -0.15) is 0 Å². The molecule has 1 unspecified atom stereocenters. The smallest absolute Gasteiger partial charge is 0.283 e. The van der Waals surface area contributed by atoms with E-state index in [-0.39, 0.29) is 17.6 Å². The number of carbonyl (C=O) groups is 1. The zero-order chi connectivity index (χ0) is 23.5. The van der Waals surface area contributed by atoms with Crippen LogP contribution in [0.15, 0.2) is 42.9 Å². The van der Waals surface area contributed by atoms with Crippen molar-refractivity contribution in [1.29, 1.82) is 0 Å². The Kier molecular flexibility index (Phi) is 6.42. The lowest BCUT2D eigenvalue weighted by atomic mass is 9.88. The molecule has 1 amide bonds. The van der Waals surface area contributed by atoms with Gasteiger partial charge in [0.1, 0.15) is 0 Å². The second kappa shape index (κ2) is 9.78. The molecule has 1 aromatic carbocycles. The molecule has 0 spiro atoms. The third kappa shape index (κ3) is 4.60. The standard InChI is InChI=1S/C24H25BN6O3/c25-34-18-4-3-15-11-17(2-1-16(15)12-18)19-14-28-23(26)22(29-19)24(32)30-20-13-27-6-5-21(20)31-7-9-33-10-8-31/h1-2,5-6,11,13-14,18H,3-4,7-10,12H2,(H2,26,28)(H,30,32). The van der Waals surface area contributed by atoms with E-state index in [1.165, 1.54) is 11.1 Å². The minimum atomic E-state index is -0.435. The molecular weight excluding hydrogens is 431 g/mol. The van der Waals surface area contributed by atoms with E-state index in [9.17, 15) is 4.79 Å². The monoisotopic (exact) mass is 456 g/mol. The number of aryl methyl sites for hydroxylation is 1. The number of morpholine rings is 1. The Morgan fingerprint density at radius 1 is 1.21 bits per heavy atom. The van der Waals surface area contributed by atoms with Gasteiger partial charge >= 0.3 is 0 Å². The van der Waals surface area contributed by atoms with Crippen molar-refractivity contribution in [2.24, 2.45) is 0 Å². The number of carbonyl (C=O) groups excluding carboxylic acids is 1. The lowest BCUT2D eigenvalue weighted by Gasteiger charge is -2.30. The van der Waals surface area contributed by atoms with Crippen LogP contribution in [0.1, 0.15) is 28.0 Å². The van der Waals surface area contributed by atoms with E-state index < -0.39 is 5.91 Å². The highest BCUT2D eigenvalue weighted by atomic mass is 16.5. The molecule has 1 atom stereocenters. The fourth-order valence-corrected chi connectivity index (χ4v) is 4.45. The summed E-state index contributed by atoms with van der Waals surface area (Å²) in [5, 5.41) is 2.91. The van der Waals surface area contributed by atoms with Gasteiger partial charge in [-0.05, 0) is 42.5 Å². The second-order valence-electron chi connectivity index (χ2n) is 8.42. The first-order valence-electron chi connectivity index (χ1n) is 11.3. The summed E-state index contributed by atoms with van der Waals surface area (Å²) in [5.74, 6) is -0.366. The lowest BCUT2D eigenvalue weighted by molar-refractivity contribution is 0.102. The minimum Gasteiger partial charge on any atom is -0.445 e. The second-order valence-corrected chi connectivity index (χ2v) is 8.42. The zero-order valence-electron chi connectivity index (χ0n) is 18.7. The van der Waals surface area contributed by atoms with Crippen LogP contribution in [0.3, 0.4) is 0 Å². The van der Waals surface area contributed by atoms with Crippen molar-refractivity contribution in [3.63, 3.8) is 0 Å². The summed E-state index contributed by atoms with van der Waals surface area (Å²) in [6.07, 6.45) is 7.47. The van der Waals surface area contributed by atoms with E-state index in [1.54, 1.807) is 18.6 Å². The number of anilines is 3. The molecule has 0 bridgehead atoms. The summed E-state index contributed by atoms with van der Waals surface area (Å²) < 4.78 is 10.5. The molecule has 34 heavy (non-hydrogen) atoms. The van der Waals surface area contributed by atoms with Gasteiger partial charge in [-0.1, -0.05) is 12.1 Å². The predicted octanol–water partition coefficient (Wildman–Crippen LogP) is 2.17. The Hall–Kier alpha value is -3.50. The van der Waals surface area contributed by atoms with E-state index in [0.29, 0.717) is 24.6 Å². The SMILES string of the molecule is [B]OC1CCc2cc(-c3cnc(N)c(C(=O)Nc4cnccc4N4CCOCC4)n3)ccc2C1. The molecule has 3 aromatic rings. The van der Waals surface area contributed by atoms with E-state index >= 15 is 0 Å². The molecule has 10 heteroatoms. The number of ether oxygens (including phenoxy) is 1. The van der Waals surface area contributed by atoms with Crippen LogP contribution in [0, 0.1) is 0 Å². The molecule has 1 aliphatic carbocycles. The minimum absolute atomic E-state index is 0.0415. The third-order valence-electron chi connectivity index (χ3n) is 6.29. The summed E-state index contributed by atoms with van der Waals surface area (Å²) in [5.41, 5.74) is 11.5. The van der Waals surface area contributed by atoms with Crippen molar-refractivity contribution in [3.05, 3.63) is 59.7 Å². The Bertz CT molecular complexity index is 1200. The average Bonchev–Trinajstić information content (AvgIpc) is 2.89. The Morgan fingerprint density at radius 2 is 2.06 bits per heavy atom. The van der Waals surface area contributed by atoms with E-state index in [4.69, 9.17) is 23.2 Å². The van der Waals surface area contributed by atoms with Crippen molar-refractivity contribution in [2.75, 3.05) is 42.3 Å². The molecule has 2 aliphatic rings. The average molecular weight is 456 g/mol. The van der Waals surface area contributed by atoms with Gasteiger partial charge in [0.05, 0.1) is 42.7 Å². The highest BCUT2D eigenvalue weighted by Crippen LogP contribution is 2.29. The summed E-state index contributed by atoms with van der Waals surface area (Å²) in [6.45, 7) is 2.75. The van der Waals surface area contributed by atoms with Crippen LogP contribution in [0.25, 0.3) is 11.3 Å². The number of pyridine rings is 1. The predicted molar refractivity (Wildman–Crippen MR) is 130 cm³/mol. The van der Waals surface area contributed by atoms with Crippen LogP contribution in [0.5, 0.6) is 0 Å². The molecule has 1 aliphatic heterocycles. The maximum Gasteiger partial charge on any atom is 0.283 e. The van der Waals surface area contributed by atoms with Crippen LogP contribution in [0.2, 0.25) is 0 Å². The van der Waals surface area contributed by atoms with Crippen molar-refractivity contribution >= 4 is 31.1 Å². The number of nitrogen functional groups attached to an aromatic ring is 1. The van der Waals surface area contributed by atoms with Gasteiger partial charge in [-0.25, -0.2) is 9.97 Å². The molecule has 2 radical (unpaired) electrons. The van der Waals surface area contributed by atoms with E-state index in [0.717, 1.165) is 43.6 Å². The molecule has 0 saturated carbocycles. The number of hydrogen-bond donors (Lipinski definition) is 2. The van der Waals surface area contributed by atoms with Gasteiger partial charge in [-0.3, -0.25) is 9.78 Å². The van der Waals surface area contributed by atoms with Crippen LogP contribution in [-0.2, 0) is 22.2 Å². The molecule has 172 valence electrons. The molecule has 3 heterocycles. The molecular formula is C24H25BN6O3. The Labute approximate surface area is 199 Å². The molecule has 2 aromatic heterocycles. The van der Waals surface area contributed by atoms with Gasteiger partial charge in [-0.15, -0.1) is 0 Å². The van der Waals surface area contributed by atoms with Crippen molar-refractivity contribution in [3.8, 4) is 11.3 Å². The zero-order valence-corrected chi connectivity index (χ0v) is 18.7. The number of nitrogens with two attached hydrogens (primary N) is 1. The fraction of sp³-hybridized carbons (Fsp3) is 0.333. The van der Waals surface area contributed by atoms with Gasteiger partial charge in [0.15, 0.2) is 11.5 Å². The maximum atomic E-state index is 13.2. The normalized spacial score (nSPS) is 17.8. The molecule has 1 fully saturated rings. The van der Waals surface area contributed by atoms with Crippen LogP contribution < -0.4 is 16.0 Å². The van der Waals surface area contributed by atoms with Crippen molar-refractivity contribution in [1.82, 2.24) is 15.0 Å². The van der Waals surface area contributed by atoms with Crippen LogP contribution >= 0.6 is 0 Å². The quantitative estimate of drug-likeness (QED) is 0.562. The molecule has 5 rings (SSSR count). The highest BCUT2D eigenvalue weighted by Gasteiger charge is 2.21. The first-order valence-corrected chi connectivity index (χ1v) is 11.3. The number of nitrogens with zero attached hydrogens (tertiary/aromatic N) is 4. The van der Waals surface area contributed by atoms with Crippen molar-refractivity contribution in [2.45, 2.75) is 25.4 Å². The molecule has 1 saturated heterocycles.